The molecule has 0 amide bonds. The van der Waals surface area contributed by atoms with Crippen molar-refractivity contribution >= 4 is 50.3 Å². The summed E-state index contributed by atoms with van der Waals surface area (Å²) in [6.07, 6.45) is 2.46. The van der Waals surface area contributed by atoms with Crippen LogP contribution in [0.25, 0.3) is 10.2 Å². The van der Waals surface area contributed by atoms with Crippen LogP contribution in [0.1, 0.15) is 24.3 Å². The number of benzene rings is 1. The fraction of sp³-hybridized carbons (Fsp3) is 0.316. The fourth-order valence-electron chi connectivity index (χ4n) is 3.04. The number of nitrogens with zero attached hydrogens (tertiary/aromatic N) is 2. The van der Waals surface area contributed by atoms with Gasteiger partial charge in [-0.15, -0.1) is 11.3 Å². The van der Waals surface area contributed by atoms with Gasteiger partial charge in [0.2, 0.25) is 0 Å². The first kappa shape index (κ1) is 18.1. The zero-order valence-corrected chi connectivity index (χ0v) is 16.8. The lowest BCUT2D eigenvalue weighted by Crippen LogP contribution is -2.33. The van der Waals surface area contributed by atoms with Crippen molar-refractivity contribution in [1.29, 1.82) is 0 Å². The van der Waals surface area contributed by atoms with E-state index in [1.54, 1.807) is 17.7 Å². The highest BCUT2D eigenvalue weighted by molar-refractivity contribution is 7.80. The Balaban J connectivity index is 1.46. The van der Waals surface area contributed by atoms with E-state index in [2.05, 4.69) is 40.0 Å². The third-order valence-electron chi connectivity index (χ3n) is 4.41. The number of rotatable bonds is 5. The van der Waals surface area contributed by atoms with Crippen molar-refractivity contribution in [2.75, 3.05) is 17.3 Å². The molecule has 3 aromatic rings. The predicted molar refractivity (Wildman–Crippen MR) is 114 cm³/mol. The van der Waals surface area contributed by atoms with E-state index in [0.717, 1.165) is 28.1 Å². The molecule has 27 heavy (non-hydrogen) atoms. The second-order valence-corrected chi connectivity index (χ2v) is 8.60. The Hall–Kier alpha value is -2.29. The lowest BCUT2D eigenvalue weighted by molar-refractivity contribution is -0.0382. The van der Waals surface area contributed by atoms with Gasteiger partial charge >= 0.3 is 0 Å². The van der Waals surface area contributed by atoms with Crippen molar-refractivity contribution in [3.05, 3.63) is 47.1 Å². The fourth-order valence-corrected chi connectivity index (χ4v) is 4.53. The molecule has 0 saturated carbocycles. The van der Waals surface area contributed by atoms with Crippen LogP contribution >= 0.6 is 23.6 Å². The number of hydrogen-bond donors (Lipinski definition) is 3. The van der Waals surface area contributed by atoms with Gasteiger partial charge in [0.1, 0.15) is 16.1 Å². The number of ether oxygens (including phenoxy) is 1. The van der Waals surface area contributed by atoms with E-state index >= 15 is 0 Å². The van der Waals surface area contributed by atoms with Crippen LogP contribution in [0.15, 0.2) is 36.7 Å². The van der Waals surface area contributed by atoms with Gasteiger partial charge in [0.25, 0.3) is 0 Å². The molecule has 0 unspecified atom stereocenters. The van der Waals surface area contributed by atoms with E-state index < -0.39 is 0 Å². The van der Waals surface area contributed by atoms with E-state index in [9.17, 15) is 0 Å². The number of thiophene rings is 1. The van der Waals surface area contributed by atoms with E-state index in [0.29, 0.717) is 18.1 Å². The largest absolute Gasteiger partial charge is 0.379 e. The summed E-state index contributed by atoms with van der Waals surface area (Å²) < 4.78 is 5.99. The van der Waals surface area contributed by atoms with Gasteiger partial charge in [-0.05, 0) is 26.0 Å². The molecule has 3 N–H and O–H groups in total. The van der Waals surface area contributed by atoms with E-state index in [1.807, 2.05) is 30.3 Å². The molecule has 0 bridgehead atoms. The van der Waals surface area contributed by atoms with Gasteiger partial charge in [0.15, 0.2) is 5.82 Å². The minimum atomic E-state index is -0.141. The van der Waals surface area contributed by atoms with Crippen LogP contribution < -0.4 is 16.2 Å². The SMILES string of the molecule is CC1(C)Cc2sc3ncnc(NNC(=S)CNc4ccccc4)c3c2CO1. The Morgan fingerprint density at radius 3 is 2.89 bits per heavy atom. The zero-order chi connectivity index (χ0) is 18.9. The molecule has 1 aliphatic heterocycles. The van der Waals surface area contributed by atoms with Crippen LogP contribution in [0, 0.1) is 0 Å². The van der Waals surface area contributed by atoms with Crippen LogP contribution in [0.3, 0.4) is 0 Å². The third-order valence-corrected chi connectivity index (χ3v) is 5.80. The van der Waals surface area contributed by atoms with E-state index in [1.165, 1.54) is 10.4 Å². The van der Waals surface area contributed by atoms with Crippen molar-refractivity contribution < 1.29 is 4.74 Å². The number of fused-ring (bicyclic) bond motifs is 3. The maximum absolute atomic E-state index is 5.99. The lowest BCUT2D eigenvalue weighted by Gasteiger charge is -2.30. The summed E-state index contributed by atoms with van der Waals surface area (Å²) in [5, 5.41) is 4.29. The number of para-hydroxylation sites is 1. The Bertz CT molecular complexity index is 971. The first-order valence-corrected chi connectivity index (χ1v) is 9.97. The molecule has 2 aromatic heterocycles. The molecule has 6 nitrogen and oxygen atoms in total. The summed E-state index contributed by atoms with van der Waals surface area (Å²) in [6, 6.07) is 9.96. The second-order valence-electron chi connectivity index (χ2n) is 7.02. The number of anilines is 2. The topological polar surface area (TPSA) is 71.1 Å². The van der Waals surface area contributed by atoms with Gasteiger partial charge in [-0.2, -0.15) is 0 Å². The van der Waals surface area contributed by atoms with Gasteiger partial charge < -0.3 is 10.1 Å². The standard InChI is InChI=1S/C19H21N5OS2/c1-19(2)8-14-13(10-25-19)16-17(21-11-22-18(16)27-14)24-23-15(26)9-20-12-6-4-3-5-7-12/h3-7,11,20H,8-10H2,1-2H3,(H,23,26)(H,21,22,24). The van der Waals surface area contributed by atoms with Gasteiger partial charge in [-0.3, -0.25) is 10.9 Å². The van der Waals surface area contributed by atoms with Crippen molar-refractivity contribution in [2.24, 2.45) is 0 Å². The first-order chi connectivity index (χ1) is 13.0. The highest BCUT2D eigenvalue weighted by Crippen LogP contribution is 2.40. The Morgan fingerprint density at radius 2 is 2.07 bits per heavy atom. The zero-order valence-electron chi connectivity index (χ0n) is 15.2. The quantitative estimate of drug-likeness (QED) is 0.444. The van der Waals surface area contributed by atoms with E-state index in [4.69, 9.17) is 17.0 Å². The Labute approximate surface area is 167 Å². The molecule has 1 aliphatic rings. The number of nitrogens with one attached hydrogen (secondary N) is 3. The summed E-state index contributed by atoms with van der Waals surface area (Å²) >= 11 is 7.12. The van der Waals surface area contributed by atoms with Crippen molar-refractivity contribution in [2.45, 2.75) is 32.5 Å². The summed E-state index contributed by atoms with van der Waals surface area (Å²) in [6.45, 7) is 5.33. The lowest BCUT2D eigenvalue weighted by atomic mass is 9.97. The number of hydrazine groups is 1. The van der Waals surface area contributed by atoms with Crippen LogP contribution in [0.4, 0.5) is 11.5 Å². The predicted octanol–water partition coefficient (Wildman–Crippen LogP) is 3.90. The Morgan fingerprint density at radius 1 is 1.26 bits per heavy atom. The van der Waals surface area contributed by atoms with Crippen LogP contribution in [0.2, 0.25) is 0 Å². The maximum Gasteiger partial charge on any atom is 0.157 e. The maximum atomic E-state index is 5.99. The van der Waals surface area contributed by atoms with Gasteiger partial charge in [0.05, 0.1) is 24.1 Å². The minimum absolute atomic E-state index is 0.141. The molecule has 3 heterocycles. The summed E-state index contributed by atoms with van der Waals surface area (Å²) in [5.74, 6) is 0.725. The summed E-state index contributed by atoms with van der Waals surface area (Å²) in [4.78, 5) is 11.8. The molecule has 0 atom stereocenters. The molecule has 8 heteroatoms. The van der Waals surface area contributed by atoms with Crippen molar-refractivity contribution in [1.82, 2.24) is 15.4 Å². The highest BCUT2D eigenvalue weighted by Gasteiger charge is 2.30. The molecule has 0 aliphatic carbocycles. The normalized spacial score (nSPS) is 15.2. The smallest absolute Gasteiger partial charge is 0.157 e. The van der Waals surface area contributed by atoms with Crippen molar-refractivity contribution in [3.8, 4) is 0 Å². The molecule has 0 radical (unpaired) electrons. The van der Waals surface area contributed by atoms with Crippen LogP contribution in [-0.4, -0.2) is 27.1 Å². The number of thiocarbonyl (C=S) groups is 1. The number of hydrogen-bond acceptors (Lipinski definition) is 7. The molecule has 0 fully saturated rings. The molecule has 140 valence electrons. The molecule has 0 saturated heterocycles. The van der Waals surface area contributed by atoms with Gasteiger partial charge in [-0.1, -0.05) is 30.4 Å². The first-order valence-electron chi connectivity index (χ1n) is 8.75. The molecular weight excluding hydrogens is 378 g/mol. The molecule has 0 spiro atoms. The Kier molecular flexibility index (Phi) is 4.94. The van der Waals surface area contributed by atoms with Crippen LogP contribution in [-0.2, 0) is 17.8 Å². The van der Waals surface area contributed by atoms with Crippen molar-refractivity contribution in [3.63, 3.8) is 0 Å². The molecule has 1 aromatic carbocycles. The summed E-state index contributed by atoms with van der Waals surface area (Å²) in [7, 11) is 0. The average molecular weight is 400 g/mol. The van der Waals surface area contributed by atoms with Crippen LogP contribution in [0.5, 0.6) is 0 Å². The highest BCUT2D eigenvalue weighted by atomic mass is 32.1. The molecule has 4 rings (SSSR count). The van der Waals surface area contributed by atoms with E-state index in [-0.39, 0.29) is 5.60 Å². The average Bonchev–Trinajstić information content (AvgIpc) is 3.02. The monoisotopic (exact) mass is 399 g/mol. The van der Waals surface area contributed by atoms with Gasteiger partial charge in [0, 0.05) is 22.5 Å². The number of aromatic nitrogens is 2. The second kappa shape index (κ2) is 7.38. The molecular formula is C19H21N5OS2. The third kappa shape index (κ3) is 4.02. The minimum Gasteiger partial charge on any atom is -0.379 e. The van der Waals surface area contributed by atoms with Gasteiger partial charge in [-0.25, -0.2) is 9.97 Å². The summed E-state index contributed by atoms with van der Waals surface area (Å²) in [5.41, 5.74) is 8.27.